The number of rotatable bonds is 1. The maximum absolute atomic E-state index is 5.54. The molecule has 19 heavy (non-hydrogen) atoms. The van der Waals surface area contributed by atoms with Crippen molar-refractivity contribution in [2.75, 3.05) is 0 Å². The van der Waals surface area contributed by atoms with Crippen LogP contribution in [-0.4, -0.2) is 0 Å². The third kappa shape index (κ3) is 3.84. The van der Waals surface area contributed by atoms with Gasteiger partial charge in [0, 0.05) is 5.02 Å². The van der Waals surface area contributed by atoms with Crippen LogP contribution in [0.2, 0.25) is 5.02 Å². The third-order valence-corrected chi connectivity index (χ3v) is 3.25. The average molecular weight is 269 g/mol. The van der Waals surface area contributed by atoms with Gasteiger partial charge in [-0.2, -0.15) is 0 Å². The van der Waals surface area contributed by atoms with Crippen molar-refractivity contribution in [2.24, 2.45) is 0 Å². The molecule has 0 saturated heterocycles. The summed E-state index contributed by atoms with van der Waals surface area (Å²) in [6.45, 7) is 2.20. The molecule has 0 heterocycles. The Morgan fingerprint density at radius 1 is 0.737 bits per heavy atom. The largest absolute Gasteiger partial charge is 0.0843 e. The van der Waals surface area contributed by atoms with Crippen molar-refractivity contribution in [1.82, 2.24) is 0 Å². The van der Waals surface area contributed by atoms with Crippen LogP contribution in [0.5, 0.6) is 0 Å². The molecule has 3 aromatic carbocycles. The SMILES string of the molecule is CCc1cccc2ccccc12.Clc1ccccc1. The van der Waals surface area contributed by atoms with Gasteiger partial charge in [-0.05, 0) is 34.9 Å². The summed E-state index contributed by atoms with van der Waals surface area (Å²) in [7, 11) is 0. The molecule has 0 spiro atoms. The fourth-order valence-corrected chi connectivity index (χ4v) is 2.16. The van der Waals surface area contributed by atoms with E-state index in [4.69, 9.17) is 11.6 Å². The second-order valence-corrected chi connectivity index (χ2v) is 4.72. The second kappa shape index (κ2) is 6.96. The van der Waals surface area contributed by atoms with E-state index in [9.17, 15) is 0 Å². The minimum atomic E-state index is 0.794. The van der Waals surface area contributed by atoms with Gasteiger partial charge in [0.25, 0.3) is 0 Å². The highest BCUT2D eigenvalue weighted by molar-refractivity contribution is 6.30. The molecule has 0 N–H and O–H groups in total. The van der Waals surface area contributed by atoms with Crippen LogP contribution in [0.3, 0.4) is 0 Å². The van der Waals surface area contributed by atoms with Gasteiger partial charge in [0.1, 0.15) is 0 Å². The predicted octanol–water partition coefficient (Wildman–Crippen LogP) is 5.74. The fraction of sp³-hybridized carbons (Fsp3) is 0.111. The first-order chi connectivity index (χ1) is 9.31. The first-order valence-electron chi connectivity index (χ1n) is 6.48. The number of aryl methyl sites for hydroxylation is 1. The molecule has 0 nitrogen and oxygen atoms in total. The molecule has 0 aromatic heterocycles. The topological polar surface area (TPSA) is 0 Å². The molecule has 0 radical (unpaired) electrons. The zero-order chi connectivity index (χ0) is 13.5. The summed E-state index contributed by atoms with van der Waals surface area (Å²) < 4.78 is 0. The Hall–Kier alpha value is -1.79. The van der Waals surface area contributed by atoms with E-state index in [0.29, 0.717) is 0 Å². The second-order valence-electron chi connectivity index (χ2n) is 4.29. The molecule has 0 aliphatic carbocycles. The number of benzene rings is 3. The quantitative estimate of drug-likeness (QED) is 0.528. The number of hydrogen-bond donors (Lipinski definition) is 0. The summed E-state index contributed by atoms with van der Waals surface area (Å²) in [6.07, 6.45) is 1.11. The molecule has 0 amide bonds. The van der Waals surface area contributed by atoms with E-state index in [1.54, 1.807) is 0 Å². The smallest absolute Gasteiger partial charge is 0.0405 e. The normalized spacial score (nSPS) is 9.79. The summed E-state index contributed by atoms with van der Waals surface area (Å²) in [5, 5.41) is 3.53. The summed E-state index contributed by atoms with van der Waals surface area (Å²) in [4.78, 5) is 0. The maximum atomic E-state index is 5.54. The molecule has 0 unspecified atom stereocenters. The zero-order valence-electron chi connectivity index (χ0n) is 11.0. The van der Waals surface area contributed by atoms with Gasteiger partial charge >= 0.3 is 0 Å². The van der Waals surface area contributed by atoms with Crippen LogP contribution in [0.25, 0.3) is 10.8 Å². The van der Waals surface area contributed by atoms with Crippen molar-refractivity contribution in [3.63, 3.8) is 0 Å². The van der Waals surface area contributed by atoms with Gasteiger partial charge in [0.15, 0.2) is 0 Å². The van der Waals surface area contributed by atoms with Crippen LogP contribution >= 0.6 is 11.6 Å². The van der Waals surface area contributed by atoms with Crippen LogP contribution in [-0.2, 0) is 6.42 Å². The van der Waals surface area contributed by atoms with Crippen LogP contribution in [0.4, 0.5) is 0 Å². The molecule has 0 bridgehead atoms. The Labute approximate surface area is 119 Å². The summed E-state index contributed by atoms with van der Waals surface area (Å²) in [6, 6.07) is 24.5. The minimum absolute atomic E-state index is 0.794. The highest BCUT2D eigenvalue weighted by Gasteiger charge is 1.95. The number of halogens is 1. The molecular weight excluding hydrogens is 252 g/mol. The highest BCUT2D eigenvalue weighted by atomic mass is 35.5. The third-order valence-electron chi connectivity index (χ3n) is 2.99. The Morgan fingerprint density at radius 3 is 2.00 bits per heavy atom. The fourth-order valence-electron chi connectivity index (χ4n) is 2.02. The van der Waals surface area contributed by atoms with Crippen molar-refractivity contribution in [3.8, 4) is 0 Å². The standard InChI is InChI=1S/C12H12.C6H5Cl/c1-2-10-7-5-8-11-6-3-4-9-12(10)11;7-6-4-2-1-3-5-6/h3-9H,2H2,1H3;1-5H. The first kappa shape index (κ1) is 13.6. The summed E-state index contributed by atoms with van der Waals surface area (Å²) in [5.41, 5.74) is 1.44. The predicted molar refractivity (Wildman–Crippen MR) is 84.8 cm³/mol. The van der Waals surface area contributed by atoms with Crippen LogP contribution in [0.15, 0.2) is 72.8 Å². The van der Waals surface area contributed by atoms with Crippen molar-refractivity contribution in [1.29, 1.82) is 0 Å². The molecule has 0 fully saturated rings. The lowest BCUT2D eigenvalue weighted by Crippen LogP contribution is -1.81. The summed E-state index contributed by atoms with van der Waals surface area (Å²) >= 11 is 5.54. The van der Waals surface area contributed by atoms with E-state index in [-0.39, 0.29) is 0 Å². The van der Waals surface area contributed by atoms with Crippen molar-refractivity contribution in [2.45, 2.75) is 13.3 Å². The van der Waals surface area contributed by atoms with E-state index in [1.807, 2.05) is 30.3 Å². The van der Waals surface area contributed by atoms with Gasteiger partial charge in [-0.15, -0.1) is 0 Å². The molecule has 0 saturated carbocycles. The summed E-state index contributed by atoms with van der Waals surface area (Å²) in [5.74, 6) is 0. The Bertz CT molecular complexity index is 624. The van der Waals surface area contributed by atoms with E-state index in [0.717, 1.165) is 11.4 Å². The molecule has 1 heteroatoms. The molecule has 0 atom stereocenters. The number of fused-ring (bicyclic) bond motifs is 1. The van der Waals surface area contributed by atoms with Crippen LogP contribution in [0, 0.1) is 0 Å². The first-order valence-corrected chi connectivity index (χ1v) is 6.86. The van der Waals surface area contributed by atoms with E-state index in [2.05, 4.69) is 49.4 Å². The molecule has 0 aliphatic rings. The monoisotopic (exact) mass is 268 g/mol. The van der Waals surface area contributed by atoms with Gasteiger partial charge < -0.3 is 0 Å². The maximum Gasteiger partial charge on any atom is 0.0405 e. The average Bonchev–Trinajstić information content (AvgIpc) is 2.48. The van der Waals surface area contributed by atoms with Gasteiger partial charge in [-0.1, -0.05) is 79.2 Å². The Balaban J connectivity index is 0.000000163. The van der Waals surface area contributed by atoms with Crippen molar-refractivity contribution < 1.29 is 0 Å². The minimum Gasteiger partial charge on any atom is -0.0843 e. The van der Waals surface area contributed by atoms with Gasteiger partial charge in [-0.3, -0.25) is 0 Å². The van der Waals surface area contributed by atoms with E-state index < -0.39 is 0 Å². The van der Waals surface area contributed by atoms with Gasteiger partial charge in [0.05, 0.1) is 0 Å². The van der Waals surface area contributed by atoms with E-state index in [1.165, 1.54) is 16.3 Å². The van der Waals surface area contributed by atoms with Crippen molar-refractivity contribution >= 4 is 22.4 Å². The van der Waals surface area contributed by atoms with Crippen LogP contribution in [0.1, 0.15) is 12.5 Å². The Morgan fingerprint density at radius 2 is 1.37 bits per heavy atom. The lowest BCUT2D eigenvalue weighted by atomic mass is 10.0. The Kier molecular flexibility index (Phi) is 5.00. The molecule has 3 aromatic rings. The lowest BCUT2D eigenvalue weighted by Gasteiger charge is -2.02. The van der Waals surface area contributed by atoms with Crippen molar-refractivity contribution in [3.05, 3.63) is 83.4 Å². The number of hydrogen-bond acceptors (Lipinski definition) is 0. The highest BCUT2D eigenvalue weighted by Crippen LogP contribution is 2.18. The zero-order valence-corrected chi connectivity index (χ0v) is 11.8. The molecule has 0 aliphatic heterocycles. The lowest BCUT2D eigenvalue weighted by molar-refractivity contribution is 1.16. The molecule has 96 valence electrons. The van der Waals surface area contributed by atoms with Crippen LogP contribution < -0.4 is 0 Å². The van der Waals surface area contributed by atoms with Gasteiger partial charge in [0.2, 0.25) is 0 Å². The van der Waals surface area contributed by atoms with Gasteiger partial charge in [-0.25, -0.2) is 0 Å². The van der Waals surface area contributed by atoms with E-state index >= 15 is 0 Å². The molecular formula is C18H17Cl. The molecule has 3 rings (SSSR count).